The van der Waals surface area contributed by atoms with E-state index in [1.807, 2.05) is 19.9 Å². The minimum atomic E-state index is -1.32. The Balaban J connectivity index is 2.29. The molecule has 1 aromatic carbocycles. The number of carbonyl (C=O) groups is 2. The second kappa shape index (κ2) is 7.05. The quantitative estimate of drug-likeness (QED) is 0.838. The SMILES string of the molecule is CCCC(C)(NC(=O)c1cc(C)n(-c2cccc(Cl)c2)n1)C(=O)O. The molecule has 7 heteroatoms. The largest absolute Gasteiger partial charge is 0.480 e. The van der Waals surface area contributed by atoms with E-state index in [-0.39, 0.29) is 5.69 Å². The van der Waals surface area contributed by atoms with Crippen LogP contribution in [0.3, 0.4) is 0 Å². The van der Waals surface area contributed by atoms with Crippen LogP contribution < -0.4 is 5.32 Å². The molecule has 0 aliphatic heterocycles. The van der Waals surface area contributed by atoms with Crippen molar-refractivity contribution < 1.29 is 14.7 Å². The van der Waals surface area contributed by atoms with Crippen LogP contribution in [-0.2, 0) is 4.79 Å². The van der Waals surface area contributed by atoms with E-state index in [0.29, 0.717) is 17.9 Å². The van der Waals surface area contributed by atoms with Crippen LogP contribution in [0.5, 0.6) is 0 Å². The summed E-state index contributed by atoms with van der Waals surface area (Å²) in [5.41, 5.74) is 0.319. The third kappa shape index (κ3) is 3.76. The van der Waals surface area contributed by atoms with Gasteiger partial charge in [0.15, 0.2) is 5.69 Å². The molecule has 0 spiro atoms. The number of carboxylic acids is 1. The van der Waals surface area contributed by atoms with Crippen molar-refractivity contribution in [3.63, 3.8) is 0 Å². The maximum atomic E-state index is 12.4. The number of aliphatic carboxylic acids is 1. The molecular weight excluding hydrogens is 330 g/mol. The summed E-state index contributed by atoms with van der Waals surface area (Å²) in [5, 5.41) is 16.8. The number of aryl methyl sites for hydroxylation is 1. The van der Waals surface area contributed by atoms with Gasteiger partial charge in [-0.15, -0.1) is 0 Å². The summed E-state index contributed by atoms with van der Waals surface area (Å²) < 4.78 is 1.60. The smallest absolute Gasteiger partial charge is 0.329 e. The van der Waals surface area contributed by atoms with Crippen LogP contribution in [0.25, 0.3) is 5.69 Å². The van der Waals surface area contributed by atoms with Crippen LogP contribution in [0.2, 0.25) is 5.02 Å². The number of amides is 1. The topological polar surface area (TPSA) is 84.2 Å². The molecule has 0 saturated carbocycles. The molecule has 2 N–H and O–H groups in total. The van der Waals surface area contributed by atoms with Crippen LogP contribution in [-0.4, -0.2) is 32.3 Å². The van der Waals surface area contributed by atoms with E-state index in [2.05, 4.69) is 10.4 Å². The number of carboxylic acid groups (broad SMARTS) is 1. The van der Waals surface area contributed by atoms with Gasteiger partial charge in [-0.1, -0.05) is 31.0 Å². The normalized spacial score (nSPS) is 13.3. The van der Waals surface area contributed by atoms with Gasteiger partial charge in [-0.3, -0.25) is 4.79 Å². The van der Waals surface area contributed by atoms with Gasteiger partial charge in [0, 0.05) is 10.7 Å². The second-order valence-electron chi connectivity index (χ2n) is 5.90. The van der Waals surface area contributed by atoms with Crippen LogP contribution in [0.15, 0.2) is 30.3 Å². The summed E-state index contributed by atoms with van der Waals surface area (Å²) in [7, 11) is 0. The fourth-order valence-electron chi connectivity index (χ4n) is 2.49. The molecule has 0 saturated heterocycles. The number of halogens is 1. The Labute approximate surface area is 145 Å². The molecule has 24 heavy (non-hydrogen) atoms. The first-order valence-corrected chi connectivity index (χ1v) is 8.03. The first-order valence-electron chi connectivity index (χ1n) is 7.65. The molecule has 2 aromatic rings. The van der Waals surface area contributed by atoms with E-state index < -0.39 is 17.4 Å². The highest BCUT2D eigenvalue weighted by Gasteiger charge is 2.34. The molecule has 2 rings (SSSR count). The van der Waals surface area contributed by atoms with Gasteiger partial charge in [0.05, 0.1) is 5.69 Å². The number of nitrogens with one attached hydrogen (secondary N) is 1. The summed E-state index contributed by atoms with van der Waals surface area (Å²) >= 11 is 5.99. The fourth-order valence-corrected chi connectivity index (χ4v) is 2.68. The van der Waals surface area contributed by atoms with Gasteiger partial charge in [0.1, 0.15) is 5.54 Å². The number of carbonyl (C=O) groups excluding carboxylic acids is 1. The number of hydrogen-bond acceptors (Lipinski definition) is 3. The maximum absolute atomic E-state index is 12.4. The lowest BCUT2D eigenvalue weighted by Crippen LogP contribution is -2.52. The molecule has 0 fully saturated rings. The van der Waals surface area contributed by atoms with Crippen molar-refractivity contribution in [1.29, 1.82) is 0 Å². The maximum Gasteiger partial charge on any atom is 0.329 e. The number of hydrogen-bond donors (Lipinski definition) is 2. The van der Waals surface area contributed by atoms with Crippen molar-refractivity contribution in [1.82, 2.24) is 15.1 Å². The van der Waals surface area contributed by atoms with Gasteiger partial charge >= 0.3 is 5.97 Å². The monoisotopic (exact) mass is 349 g/mol. The van der Waals surface area contributed by atoms with Crippen molar-refractivity contribution in [2.45, 2.75) is 39.2 Å². The van der Waals surface area contributed by atoms with Gasteiger partial charge in [0.25, 0.3) is 5.91 Å². The van der Waals surface area contributed by atoms with Crippen LogP contribution in [0.1, 0.15) is 42.9 Å². The zero-order chi connectivity index (χ0) is 17.9. The summed E-state index contributed by atoms with van der Waals surface area (Å²) in [6.45, 7) is 5.18. The third-order valence-electron chi connectivity index (χ3n) is 3.78. The second-order valence-corrected chi connectivity index (χ2v) is 6.34. The lowest BCUT2D eigenvalue weighted by atomic mass is 9.96. The van der Waals surface area contributed by atoms with E-state index in [1.165, 1.54) is 6.92 Å². The van der Waals surface area contributed by atoms with Gasteiger partial charge < -0.3 is 10.4 Å². The number of rotatable bonds is 6. The molecule has 1 amide bonds. The number of benzene rings is 1. The molecule has 0 radical (unpaired) electrons. The molecule has 1 heterocycles. The average molecular weight is 350 g/mol. The molecule has 128 valence electrons. The number of aromatic nitrogens is 2. The van der Waals surface area contributed by atoms with Crippen LogP contribution >= 0.6 is 11.6 Å². The highest BCUT2D eigenvalue weighted by molar-refractivity contribution is 6.30. The predicted molar refractivity (Wildman–Crippen MR) is 91.7 cm³/mol. The van der Waals surface area contributed by atoms with Crippen molar-refractivity contribution in [2.75, 3.05) is 0 Å². The van der Waals surface area contributed by atoms with E-state index in [0.717, 1.165) is 11.4 Å². The molecule has 0 aliphatic rings. The molecule has 6 nitrogen and oxygen atoms in total. The molecule has 0 aliphatic carbocycles. The van der Waals surface area contributed by atoms with Crippen LogP contribution in [0.4, 0.5) is 0 Å². The Kier molecular flexibility index (Phi) is 5.29. The van der Waals surface area contributed by atoms with Gasteiger partial charge in [-0.2, -0.15) is 5.10 Å². The van der Waals surface area contributed by atoms with Crippen molar-refractivity contribution in [3.8, 4) is 5.69 Å². The Hall–Kier alpha value is -2.34. The van der Waals surface area contributed by atoms with E-state index in [4.69, 9.17) is 11.6 Å². The van der Waals surface area contributed by atoms with Crippen LogP contribution in [0, 0.1) is 6.92 Å². The summed E-state index contributed by atoms with van der Waals surface area (Å²) in [6, 6.07) is 8.72. The Morgan fingerprint density at radius 1 is 1.38 bits per heavy atom. The highest BCUT2D eigenvalue weighted by Crippen LogP contribution is 2.18. The number of nitrogens with zero attached hydrogens (tertiary/aromatic N) is 2. The first-order chi connectivity index (χ1) is 11.3. The summed E-state index contributed by atoms with van der Waals surface area (Å²) in [4.78, 5) is 23.9. The lowest BCUT2D eigenvalue weighted by Gasteiger charge is -2.25. The van der Waals surface area contributed by atoms with E-state index >= 15 is 0 Å². The first kappa shape index (κ1) is 18.0. The minimum Gasteiger partial charge on any atom is -0.480 e. The molecule has 1 atom stereocenters. The Morgan fingerprint density at radius 2 is 2.08 bits per heavy atom. The van der Waals surface area contributed by atoms with Gasteiger partial charge in [-0.05, 0) is 44.5 Å². The molecule has 1 aromatic heterocycles. The lowest BCUT2D eigenvalue weighted by molar-refractivity contribution is -0.144. The Morgan fingerprint density at radius 3 is 2.67 bits per heavy atom. The summed E-state index contributed by atoms with van der Waals surface area (Å²) in [5.74, 6) is -1.58. The minimum absolute atomic E-state index is 0.163. The zero-order valence-electron chi connectivity index (χ0n) is 13.8. The van der Waals surface area contributed by atoms with Crippen molar-refractivity contribution in [2.24, 2.45) is 0 Å². The molecule has 1 unspecified atom stereocenters. The molecular formula is C17H20ClN3O3. The zero-order valence-corrected chi connectivity index (χ0v) is 14.6. The van der Waals surface area contributed by atoms with Gasteiger partial charge in [-0.25, -0.2) is 9.48 Å². The molecule has 0 bridgehead atoms. The van der Waals surface area contributed by atoms with E-state index in [1.54, 1.807) is 28.9 Å². The standard InChI is InChI=1S/C17H20ClN3O3/c1-4-8-17(3,16(23)24)19-15(22)14-9-11(2)21(20-14)13-7-5-6-12(18)10-13/h5-7,9-10H,4,8H2,1-3H3,(H,19,22)(H,23,24). The van der Waals surface area contributed by atoms with Gasteiger partial charge in [0.2, 0.25) is 0 Å². The fraction of sp³-hybridized carbons (Fsp3) is 0.353. The van der Waals surface area contributed by atoms with Crippen molar-refractivity contribution >= 4 is 23.5 Å². The average Bonchev–Trinajstić information content (AvgIpc) is 2.89. The highest BCUT2D eigenvalue weighted by atomic mass is 35.5. The third-order valence-corrected chi connectivity index (χ3v) is 4.02. The van der Waals surface area contributed by atoms with E-state index in [9.17, 15) is 14.7 Å². The summed E-state index contributed by atoms with van der Waals surface area (Å²) in [6.07, 6.45) is 0.973. The Bertz CT molecular complexity index is 772. The van der Waals surface area contributed by atoms with Crippen molar-refractivity contribution in [3.05, 3.63) is 46.7 Å². The predicted octanol–water partition coefficient (Wildman–Crippen LogP) is 3.21.